The minimum absolute atomic E-state index is 0.0261. The number of anilines is 1. The number of nitrogens with one attached hydrogen (secondary N) is 1. The second kappa shape index (κ2) is 7.67. The van der Waals surface area contributed by atoms with Crippen LogP contribution in [0.15, 0.2) is 59.1 Å². The molecule has 0 bridgehead atoms. The lowest BCUT2D eigenvalue weighted by Gasteiger charge is -2.09. The molecule has 1 heterocycles. The predicted molar refractivity (Wildman–Crippen MR) is 95.1 cm³/mol. The molecule has 0 spiro atoms. The average Bonchev–Trinajstić information content (AvgIpc) is 3.08. The minimum Gasteiger partial charge on any atom is -0.351 e. The van der Waals surface area contributed by atoms with Gasteiger partial charge in [0.25, 0.3) is 5.91 Å². The van der Waals surface area contributed by atoms with Crippen LogP contribution in [-0.2, 0) is 12.6 Å². The maximum Gasteiger partial charge on any atom is 0.416 e. The lowest BCUT2D eigenvalue weighted by molar-refractivity contribution is -0.137. The number of halogens is 3. The molecule has 0 unspecified atom stereocenters. The van der Waals surface area contributed by atoms with Crippen molar-refractivity contribution in [3.63, 3.8) is 0 Å². The van der Waals surface area contributed by atoms with Gasteiger partial charge < -0.3 is 9.84 Å². The maximum absolute atomic E-state index is 12.8. The number of carbonyl (C=O) groups excluding carboxylic acids is 2. The number of rotatable bonds is 5. The summed E-state index contributed by atoms with van der Waals surface area (Å²) in [6, 6.07) is 12.2. The third-order valence-corrected chi connectivity index (χ3v) is 3.91. The Balaban J connectivity index is 1.73. The fourth-order valence-corrected chi connectivity index (χ4v) is 2.58. The Bertz CT molecular complexity index is 1030. The van der Waals surface area contributed by atoms with Crippen LogP contribution in [-0.4, -0.2) is 16.8 Å². The van der Waals surface area contributed by atoms with Crippen LogP contribution in [0.1, 0.15) is 37.7 Å². The number of aryl methyl sites for hydroxylation is 1. The summed E-state index contributed by atoms with van der Waals surface area (Å²) in [7, 11) is 0. The number of hydrogen-bond donors (Lipinski definition) is 1. The van der Waals surface area contributed by atoms with Gasteiger partial charge in [0.1, 0.15) is 0 Å². The Labute approximate surface area is 158 Å². The van der Waals surface area contributed by atoms with E-state index in [-0.39, 0.29) is 29.1 Å². The number of carbonyl (C=O) groups is 2. The molecule has 144 valence electrons. The summed E-state index contributed by atoms with van der Waals surface area (Å²) in [6.45, 7) is 1.67. The van der Waals surface area contributed by atoms with Crippen molar-refractivity contribution in [3.8, 4) is 0 Å². The molecule has 1 amide bonds. The fraction of sp³-hybridized carbons (Fsp3) is 0.150. The second-order valence-corrected chi connectivity index (χ2v) is 6.17. The highest BCUT2D eigenvalue weighted by Gasteiger charge is 2.30. The maximum atomic E-state index is 12.8. The SMILES string of the molecule is Cc1cc(C(=O)Nc2cccc(C(=O)Cc3cccc(C(F)(F)F)c3)c2)on1. The first-order valence-corrected chi connectivity index (χ1v) is 8.26. The van der Waals surface area contributed by atoms with Gasteiger partial charge in [-0.1, -0.05) is 35.5 Å². The molecule has 28 heavy (non-hydrogen) atoms. The van der Waals surface area contributed by atoms with Gasteiger partial charge in [-0.25, -0.2) is 0 Å². The Morgan fingerprint density at radius 1 is 1.07 bits per heavy atom. The van der Waals surface area contributed by atoms with Crippen molar-refractivity contribution in [1.29, 1.82) is 0 Å². The van der Waals surface area contributed by atoms with E-state index in [2.05, 4.69) is 10.5 Å². The van der Waals surface area contributed by atoms with E-state index in [1.54, 1.807) is 19.1 Å². The van der Waals surface area contributed by atoms with Crippen molar-refractivity contribution in [2.75, 3.05) is 5.32 Å². The van der Waals surface area contributed by atoms with Crippen LogP contribution in [0.5, 0.6) is 0 Å². The molecule has 3 aromatic rings. The number of hydrogen-bond acceptors (Lipinski definition) is 4. The Morgan fingerprint density at radius 3 is 2.50 bits per heavy atom. The molecular weight excluding hydrogens is 373 g/mol. The fourth-order valence-electron chi connectivity index (χ4n) is 2.58. The second-order valence-electron chi connectivity index (χ2n) is 6.17. The van der Waals surface area contributed by atoms with Crippen molar-refractivity contribution in [2.45, 2.75) is 19.5 Å². The summed E-state index contributed by atoms with van der Waals surface area (Å²) >= 11 is 0. The lowest BCUT2D eigenvalue weighted by atomic mass is 10.0. The van der Waals surface area contributed by atoms with Crippen molar-refractivity contribution in [2.24, 2.45) is 0 Å². The predicted octanol–water partition coefficient (Wildman–Crippen LogP) is 4.68. The van der Waals surface area contributed by atoms with Gasteiger partial charge in [0.2, 0.25) is 5.76 Å². The van der Waals surface area contributed by atoms with Crippen LogP contribution in [0.25, 0.3) is 0 Å². The first-order valence-electron chi connectivity index (χ1n) is 8.26. The minimum atomic E-state index is -4.47. The van der Waals surface area contributed by atoms with E-state index in [1.165, 1.54) is 30.3 Å². The summed E-state index contributed by atoms with van der Waals surface area (Å²) in [6.07, 6.45) is -4.66. The lowest BCUT2D eigenvalue weighted by Crippen LogP contribution is -2.12. The highest BCUT2D eigenvalue weighted by molar-refractivity contribution is 6.03. The number of amides is 1. The van der Waals surface area contributed by atoms with E-state index >= 15 is 0 Å². The summed E-state index contributed by atoms with van der Waals surface area (Å²) in [4.78, 5) is 24.6. The quantitative estimate of drug-likeness (QED) is 0.644. The first-order chi connectivity index (χ1) is 13.2. The third-order valence-electron chi connectivity index (χ3n) is 3.91. The van der Waals surface area contributed by atoms with Crippen molar-refractivity contribution < 1.29 is 27.3 Å². The molecule has 8 heteroatoms. The van der Waals surface area contributed by atoms with E-state index in [1.807, 2.05) is 0 Å². The molecule has 0 aliphatic rings. The zero-order valence-electron chi connectivity index (χ0n) is 14.7. The Kier molecular flexibility index (Phi) is 5.30. The molecule has 1 N–H and O–H groups in total. The summed E-state index contributed by atoms with van der Waals surface area (Å²) in [5.74, 6) is -0.868. The largest absolute Gasteiger partial charge is 0.416 e. The summed E-state index contributed by atoms with van der Waals surface area (Å²) < 4.78 is 43.3. The van der Waals surface area contributed by atoms with Crippen LogP contribution in [0.2, 0.25) is 0 Å². The summed E-state index contributed by atoms with van der Waals surface area (Å²) in [5, 5.41) is 6.21. The molecular formula is C20H15F3N2O3. The van der Waals surface area contributed by atoms with Gasteiger partial charge in [0, 0.05) is 23.7 Å². The highest BCUT2D eigenvalue weighted by atomic mass is 19.4. The van der Waals surface area contributed by atoms with E-state index in [4.69, 9.17) is 4.52 Å². The number of nitrogens with zero attached hydrogens (tertiary/aromatic N) is 1. The standard InChI is InChI=1S/C20H15F3N2O3/c1-12-8-18(28-25-12)19(27)24-16-7-3-5-14(11-16)17(26)10-13-4-2-6-15(9-13)20(21,22)23/h2-9,11H,10H2,1H3,(H,24,27). The molecule has 0 saturated heterocycles. The number of Topliss-reactive ketones (excluding diaryl/α,β-unsaturated/α-hetero) is 1. The molecule has 3 rings (SSSR count). The van der Waals surface area contributed by atoms with Crippen LogP contribution in [0.4, 0.5) is 18.9 Å². The topological polar surface area (TPSA) is 72.2 Å². The average molecular weight is 388 g/mol. The van der Waals surface area contributed by atoms with Gasteiger partial charge in [0.15, 0.2) is 5.78 Å². The van der Waals surface area contributed by atoms with Gasteiger partial charge in [-0.15, -0.1) is 0 Å². The Hall–Kier alpha value is -3.42. The van der Waals surface area contributed by atoms with Crippen LogP contribution in [0, 0.1) is 6.92 Å². The Morgan fingerprint density at radius 2 is 1.82 bits per heavy atom. The number of benzene rings is 2. The summed E-state index contributed by atoms with van der Waals surface area (Å²) in [5.41, 5.74) is 0.626. The van der Waals surface area contributed by atoms with Crippen molar-refractivity contribution in [3.05, 3.63) is 82.7 Å². The van der Waals surface area contributed by atoms with E-state index < -0.39 is 17.6 Å². The molecule has 0 aliphatic heterocycles. The zero-order valence-corrected chi connectivity index (χ0v) is 14.7. The number of ketones is 1. The van der Waals surface area contributed by atoms with Crippen LogP contribution < -0.4 is 5.32 Å². The van der Waals surface area contributed by atoms with Crippen molar-refractivity contribution in [1.82, 2.24) is 5.16 Å². The molecule has 1 aromatic heterocycles. The van der Waals surface area contributed by atoms with Gasteiger partial charge in [0.05, 0.1) is 11.3 Å². The molecule has 0 aliphatic carbocycles. The molecule has 5 nitrogen and oxygen atoms in total. The highest BCUT2D eigenvalue weighted by Crippen LogP contribution is 2.29. The molecule has 2 aromatic carbocycles. The zero-order chi connectivity index (χ0) is 20.3. The molecule has 0 radical (unpaired) electrons. The number of alkyl halides is 3. The van der Waals surface area contributed by atoms with E-state index in [9.17, 15) is 22.8 Å². The first kappa shape index (κ1) is 19.3. The van der Waals surface area contributed by atoms with E-state index in [0.29, 0.717) is 11.4 Å². The monoisotopic (exact) mass is 388 g/mol. The van der Waals surface area contributed by atoms with E-state index in [0.717, 1.165) is 12.1 Å². The molecule has 0 saturated carbocycles. The van der Waals surface area contributed by atoms with Gasteiger partial charge >= 0.3 is 6.18 Å². The molecule has 0 fully saturated rings. The van der Waals surface area contributed by atoms with Gasteiger partial charge in [-0.05, 0) is 30.7 Å². The van der Waals surface area contributed by atoms with Gasteiger partial charge in [-0.2, -0.15) is 13.2 Å². The smallest absolute Gasteiger partial charge is 0.351 e. The van der Waals surface area contributed by atoms with Crippen LogP contribution in [0.3, 0.4) is 0 Å². The van der Waals surface area contributed by atoms with Crippen molar-refractivity contribution >= 4 is 17.4 Å². The third kappa shape index (κ3) is 4.64. The van der Waals surface area contributed by atoms with Crippen LogP contribution >= 0.6 is 0 Å². The normalized spacial score (nSPS) is 11.3. The van der Waals surface area contributed by atoms with Gasteiger partial charge in [-0.3, -0.25) is 9.59 Å². The molecule has 0 atom stereocenters. The number of aromatic nitrogens is 1.